The number of rotatable bonds is 5. The second kappa shape index (κ2) is 5.07. The normalized spacial score (nSPS) is 12.8. The van der Waals surface area contributed by atoms with Crippen LogP contribution < -0.4 is 0 Å². The smallest absolute Gasteiger partial charge is 0.313 e. The van der Waals surface area contributed by atoms with Crippen LogP contribution in [0.4, 0.5) is 5.69 Å². The van der Waals surface area contributed by atoms with Crippen molar-refractivity contribution in [3.8, 4) is 0 Å². The molecule has 0 saturated carbocycles. The molecule has 1 unspecified atom stereocenters. The summed E-state index contributed by atoms with van der Waals surface area (Å²) in [7, 11) is 0. The molecule has 1 N–H and O–H groups in total. The van der Waals surface area contributed by atoms with E-state index in [0.29, 0.717) is 30.8 Å². The molecular formula is C10H17N3O3. The van der Waals surface area contributed by atoms with E-state index >= 15 is 0 Å². The summed E-state index contributed by atoms with van der Waals surface area (Å²) in [5, 5.41) is 24.4. The van der Waals surface area contributed by atoms with Gasteiger partial charge in [-0.05, 0) is 19.8 Å². The van der Waals surface area contributed by atoms with Crippen molar-refractivity contribution in [2.45, 2.75) is 46.3 Å². The molecule has 0 amide bonds. The molecular weight excluding hydrogens is 210 g/mol. The Kier molecular flexibility index (Phi) is 4.00. The highest BCUT2D eigenvalue weighted by Gasteiger charge is 2.25. The second-order valence-electron chi connectivity index (χ2n) is 3.74. The molecule has 1 atom stereocenters. The van der Waals surface area contributed by atoms with Crippen molar-refractivity contribution in [2.75, 3.05) is 0 Å². The molecule has 1 aromatic rings. The number of nitrogens with zero attached hydrogens (tertiary/aromatic N) is 3. The van der Waals surface area contributed by atoms with E-state index in [4.69, 9.17) is 0 Å². The average Bonchev–Trinajstić information content (AvgIpc) is 2.54. The average molecular weight is 227 g/mol. The van der Waals surface area contributed by atoms with Gasteiger partial charge >= 0.3 is 5.69 Å². The molecule has 0 aliphatic rings. The van der Waals surface area contributed by atoms with Crippen LogP contribution in [-0.2, 0) is 19.4 Å². The number of aliphatic hydroxyl groups is 1. The Morgan fingerprint density at radius 2 is 2.12 bits per heavy atom. The Morgan fingerprint density at radius 3 is 2.50 bits per heavy atom. The maximum atomic E-state index is 10.9. The molecule has 0 spiro atoms. The van der Waals surface area contributed by atoms with Crippen LogP contribution in [0.2, 0.25) is 0 Å². The molecule has 0 saturated heterocycles. The Labute approximate surface area is 94.0 Å². The van der Waals surface area contributed by atoms with Gasteiger partial charge < -0.3 is 5.11 Å². The van der Waals surface area contributed by atoms with Crippen molar-refractivity contribution in [1.82, 2.24) is 9.78 Å². The van der Waals surface area contributed by atoms with Crippen molar-refractivity contribution in [3.63, 3.8) is 0 Å². The molecule has 6 nitrogen and oxygen atoms in total. The molecule has 1 heterocycles. The minimum Gasteiger partial charge on any atom is -0.391 e. The number of nitro groups is 1. The highest BCUT2D eigenvalue weighted by molar-refractivity contribution is 5.41. The number of aliphatic hydroxyl groups excluding tert-OH is 1. The van der Waals surface area contributed by atoms with Crippen LogP contribution in [-0.4, -0.2) is 25.9 Å². The highest BCUT2D eigenvalue weighted by Crippen LogP contribution is 2.24. The minimum absolute atomic E-state index is 0.102. The zero-order chi connectivity index (χ0) is 12.3. The lowest BCUT2D eigenvalue weighted by molar-refractivity contribution is -0.386. The van der Waals surface area contributed by atoms with Gasteiger partial charge in [0, 0.05) is 0 Å². The van der Waals surface area contributed by atoms with E-state index in [9.17, 15) is 15.2 Å². The summed E-state index contributed by atoms with van der Waals surface area (Å²) in [5.74, 6) is 0. The van der Waals surface area contributed by atoms with Crippen LogP contribution in [0.3, 0.4) is 0 Å². The van der Waals surface area contributed by atoms with E-state index in [-0.39, 0.29) is 10.6 Å². The highest BCUT2D eigenvalue weighted by atomic mass is 16.6. The van der Waals surface area contributed by atoms with Gasteiger partial charge in [-0.1, -0.05) is 13.8 Å². The van der Waals surface area contributed by atoms with Crippen molar-refractivity contribution >= 4 is 5.69 Å². The summed E-state index contributed by atoms with van der Waals surface area (Å²) in [6.45, 7) is 5.62. The topological polar surface area (TPSA) is 81.2 Å². The molecule has 0 aliphatic carbocycles. The fraction of sp³-hybridized carbons (Fsp3) is 0.700. The molecule has 0 bridgehead atoms. The number of hydrogen-bond acceptors (Lipinski definition) is 4. The number of aryl methyl sites for hydroxylation is 1. The lowest BCUT2D eigenvalue weighted by atomic mass is 10.2. The van der Waals surface area contributed by atoms with Crippen LogP contribution in [0.1, 0.15) is 32.2 Å². The van der Waals surface area contributed by atoms with Gasteiger partial charge in [-0.2, -0.15) is 5.10 Å². The van der Waals surface area contributed by atoms with Gasteiger partial charge in [0.05, 0.1) is 17.6 Å². The van der Waals surface area contributed by atoms with Crippen LogP contribution in [0.25, 0.3) is 0 Å². The summed E-state index contributed by atoms with van der Waals surface area (Å²) in [6, 6.07) is 0. The zero-order valence-corrected chi connectivity index (χ0v) is 9.80. The molecule has 0 aromatic carbocycles. The maximum Gasteiger partial charge on any atom is 0.313 e. The quantitative estimate of drug-likeness (QED) is 0.607. The Hall–Kier alpha value is -1.43. The minimum atomic E-state index is -0.561. The van der Waals surface area contributed by atoms with Crippen molar-refractivity contribution in [2.24, 2.45) is 0 Å². The first-order chi connectivity index (χ1) is 7.51. The second-order valence-corrected chi connectivity index (χ2v) is 3.74. The lowest BCUT2D eigenvalue weighted by Gasteiger charge is -2.06. The van der Waals surface area contributed by atoms with Crippen LogP contribution >= 0.6 is 0 Å². The number of hydrogen-bond donors (Lipinski definition) is 1. The fourth-order valence-electron chi connectivity index (χ4n) is 1.74. The van der Waals surface area contributed by atoms with Gasteiger partial charge in [0.25, 0.3) is 0 Å². The molecule has 1 aromatic heterocycles. The molecule has 90 valence electrons. The Balaban J connectivity index is 3.24. The first-order valence-corrected chi connectivity index (χ1v) is 5.42. The van der Waals surface area contributed by atoms with E-state index in [1.807, 2.05) is 13.8 Å². The molecule has 16 heavy (non-hydrogen) atoms. The molecule has 0 radical (unpaired) electrons. The zero-order valence-electron chi connectivity index (χ0n) is 9.80. The third kappa shape index (κ3) is 2.38. The largest absolute Gasteiger partial charge is 0.391 e. The SMILES string of the molecule is CCc1nn(CC(C)O)c(CC)c1[N+](=O)[O-]. The van der Waals surface area contributed by atoms with Gasteiger partial charge in [0.1, 0.15) is 11.4 Å². The van der Waals surface area contributed by atoms with Crippen LogP contribution in [0.5, 0.6) is 0 Å². The summed E-state index contributed by atoms with van der Waals surface area (Å²) >= 11 is 0. The standard InChI is InChI=1S/C10H17N3O3/c1-4-8-10(13(15)16)9(5-2)12(11-8)6-7(3)14/h7,14H,4-6H2,1-3H3. The molecule has 0 aliphatic heterocycles. The van der Waals surface area contributed by atoms with Crippen molar-refractivity contribution in [3.05, 3.63) is 21.5 Å². The summed E-state index contributed by atoms with van der Waals surface area (Å²) in [4.78, 5) is 10.6. The van der Waals surface area contributed by atoms with Crippen molar-refractivity contribution < 1.29 is 10.0 Å². The van der Waals surface area contributed by atoms with E-state index in [2.05, 4.69) is 5.10 Å². The third-order valence-electron chi connectivity index (χ3n) is 2.39. The monoisotopic (exact) mass is 227 g/mol. The van der Waals surface area contributed by atoms with E-state index < -0.39 is 6.10 Å². The van der Waals surface area contributed by atoms with Gasteiger partial charge in [0.15, 0.2) is 0 Å². The van der Waals surface area contributed by atoms with E-state index in [1.165, 1.54) is 0 Å². The number of aromatic nitrogens is 2. The van der Waals surface area contributed by atoms with E-state index in [0.717, 1.165) is 0 Å². The Bertz CT molecular complexity index is 385. The van der Waals surface area contributed by atoms with E-state index in [1.54, 1.807) is 11.6 Å². The Morgan fingerprint density at radius 1 is 1.50 bits per heavy atom. The van der Waals surface area contributed by atoms with Gasteiger partial charge in [-0.25, -0.2) is 0 Å². The van der Waals surface area contributed by atoms with Gasteiger partial charge in [-0.3, -0.25) is 14.8 Å². The third-order valence-corrected chi connectivity index (χ3v) is 2.39. The van der Waals surface area contributed by atoms with Crippen LogP contribution in [0.15, 0.2) is 0 Å². The van der Waals surface area contributed by atoms with Crippen molar-refractivity contribution in [1.29, 1.82) is 0 Å². The predicted molar refractivity (Wildman–Crippen MR) is 59.3 cm³/mol. The van der Waals surface area contributed by atoms with Gasteiger partial charge in [0.2, 0.25) is 0 Å². The lowest BCUT2D eigenvalue weighted by Crippen LogP contribution is -2.15. The molecule has 0 fully saturated rings. The molecule has 6 heteroatoms. The first-order valence-electron chi connectivity index (χ1n) is 5.42. The maximum absolute atomic E-state index is 10.9. The first kappa shape index (κ1) is 12.6. The molecule has 1 rings (SSSR count). The van der Waals surface area contributed by atoms with Gasteiger partial charge in [-0.15, -0.1) is 0 Å². The summed E-state index contributed by atoms with van der Waals surface area (Å²) in [5.41, 5.74) is 1.18. The summed E-state index contributed by atoms with van der Waals surface area (Å²) < 4.78 is 1.54. The van der Waals surface area contributed by atoms with Crippen LogP contribution in [0, 0.1) is 10.1 Å². The summed E-state index contributed by atoms with van der Waals surface area (Å²) in [6.07, 6.45) is 0.501. The fourth-order valence-corrected chi connectivity index (χ4v) is 1.74. The predicted octanol–water partition coefficient (Wildman–Crippen LogP) is 1.30.